The van der Waals surface area contributed by atoms with E-state index in [0.29, 0.717) is 0 Å². The maximum absolute atomic E-state index is 3.38. The number of rotatable bonds is 4. The van der Waals surface area contributed by atoms with Crippen molar-refractivity contribution in [2.45, 2.75) is 6.92 Å². The molecule has 1 aromatic carbocycles. The van der Waals surface area contributed by atoms with Crippen LogP contribution in [0, 0.1) is 11.8 Å². The van der Waals surface area contributed by atoms with Crippen molar-refractivity contribution >= 4 is 5.69 Å². The van der Waals surface area contributed by atoms with Crippen LogP contribution in [0.25, 0.3) is 0 Å². The second-order valence-electron chi connectivity index (χ2n) is 6.02. The Hall–Kier alpha value is -1.06. The molecule has 0 spiro atoms. The molecule has 2 saturated heterocycles. The molecule has 0 radical (unpaired) electrons. The fraction of sp³-hybridized carbons (Fsp3) is 0.625. The molecule has 2 fully saturated rings. The first kappa shape index (κ1) is 12.9. The molecule has 19 heavy (non-hydrogen) atoms. The highest BCUT2D eigenvalue weighted by atomic mass is 15.3. The number of nitrogens with zero attached hydrogens (tertiary/aromatic N) is 2. The number of nitrogens with one attached hydrogen (secondary N) is 1. The van der Waals surface area contributed by atoms with Gasteiger partial charge >= 0.3 is 0 Å². The highest BCUT2D eigenvalue weighted by Crippen LogP contribution is 2.19. The van der Waals surface area contributed by atoms with E-state index in [1.807, 2.05) is 0 Å². The highest BCUT2D eigenvalue weighted by Gasteiger charge is 2.26. The van der Waals surface area contributed by atoms with Gasteiger partial charge in [0.05, 0.1) is 0 Å². The largest absolute Gasteiger partial charge is 0.369 e. The maximum Gasteiger partial charge on any atom is 0.0367 e. The third-order valence-electron chi connectivity index (χ3n) is 4.66. The molecule has 3 heteroatoms. The molecular weight excluding hydrogens is 234 g/mol. The third kappa shape index (κ3) is 3.10. The Morgan fingerprint density at radius 2 is 1.79 bits per heavy atom. The van der Waals surface area contributed by atoms with Gasteiger partial charge in [0.25, 0.3) is 0 Å². The summed E-state index contributed by atoms with van der Waals surface area (Å²) in [4.78, 5) is 5.15. The lowest BCUT2D eigenvalue weighted by molar-refractivity contribution is 0.160. The van der Waals surface area contributed by atoms with Crippen molar-refractivity contribution in [1.29, 1.82) is 0 Å². The van der Waals surface area contributed by atoms with Crippen LogP contribution >= 0.6 is 0 Å². The summed E-state index contributed by atoms with van der Waals surface area (Å²) in [5.41, 5.74) is 1.37. The fourth-order valence-electron chi connectivity index (χ4n) is 3.10. The second kappa shape index (κ2) is 5.93. The summed E-state index contributed by atoms with van der Waals surface area (Å²) in [5.74, 6) is 1.75. The van der Waals surface area contributed by atoms with Crippen LogP contribution in [0.15, 0.2) is 30.3 Å². The summed E-state index contributed by atoms with van der Waals surface area (Å²) < 4.78 is 0. The van der Waals surface area contributed by atoms with Gasteiger partial charge in [-0.2, -0.15) is 0 Å². The van der Waals surface area contributed by atoms with E-state index in [9.17, 15) is 0 Å². The Bertz CT molecular complexity index is 380. The summed E-state index contributed by atoms with van der Waals surface area (Å²) in [6, 6.07) is 10.8. The van der Waals surface area contributed by atoms with Gasteiger partial charge in [0.2, 0.25) is 0 Å². The molecule has 2 aliphatic heterocycles. The number of benzene rings is 1. The molecule has 3 nitrogen and oxygen atoms in total. The van der Waals surface area contributed by atoms with Crippen LogP contribution in [0.5, 0.6) is 0 Å². The topological polar surface area (TPSA) is 18.5 Å². The van der Waals surface area contributed by atoms with Crippen LogP contribution < -0.4 is 10.2 Å². The Kier molecular flexibility index (Phi) is 4.04. The van der Waals surface area contributed by atoms with Gasteiger partial charge in [-0.25, -0.2) is 0 Å². The zero-order valence-corrected chi connectivity index (χ0v) is 11.9. The lowest BCUT2D eigenvalue weighted by Gasteiger charge is -2.40. The summed E-state index contributed by atoms with van der Waals surface area (Å²) in [7, 11) is 0. The summed E-state index contributed by atoms with van der Waals surface area (Å²) in [6.45, 7) is 10.9. The van der Waals surface area contributed by atoms with Crippen molar-refractivity contribution in [3.05, 3.63) is 30.3 Å². The standard InChI is InChI=1S/C16H25N3/c1-14(15-11-17-12-15)13-18-7-9-19(10-8-18)16-5-3-2-4-6-16/h2-6,14-15,17H,7-13H2,1H3. The number of anilines is 1. The predicted octanol–water partition coefficient (Wildman–Crippen LogP) is 1.66. The molecule has 1 aromatic rings. The van der Waals surface area contributed by atoms with Gasteiger partial charge in [-0.3, -0.25) is 4.90 Å². The van der Waals surface area contributed by atoms with Crippen molar-refractivity contribution in [3.8, 4) is 0 Å². The van der Waals surface area contributed by atoms with Crippen LogP contribution in [0.1, 0.15) is 6.92 Å². The summed E-state index contributed by atoms with van der Waals surface area (Å²) in [5, 5.41) is 3.38. The number of hydrogen-bond donors (Lipinski definition) is 1. The zero-order valence-electron chi connectivity index (χ0n) is 11.9. The third-order valence-corrected chi connectivity index (χ3v) is 4.66. The first-order chi connectivity index (χ1) is 9.33. The van der Waals surface area contributed by atoms with Crippen molar-refractivity contribution in [2.75, 3.05) is 50.7 Å². The van der Waals surface area contributed by atoms with Crippen LogP contribution in [0.3, 0.4) is 0 Å². The molecule has 1 N–H and O–H groups in total. The van der Waals surface area contributed by atoms with Crippen LogP contribution in [-0.4, -0.2) is 50.7 Å². The SMILES string of the molecule is CC(CN1CCN(c2ccccc2)CC1)C1CNC1. The van der Waals surface area contributed by atoms with Crippen molar-refractivity contribution in [3.63, 3.8) is 0 Å². The van der Waals surface area contributed by atoms with Gasteiger partial charge in [0, 0.05) is 38.4 Å². The van der Waals surface area contributed by atoms with E-state index in [4.69, 9.17) is 0 Å². The molecule has 104 valence electrons. The van der Waals surface area contributed by atoms with Crippen LogP contribution in [0.4, 0.5) is 5.69 Å². The van der Waals surface area contributed by atoms with E-state index in [1.54, 1.807) is 0 Å². The minimum Gasteiger partial charge on any atom is -0.369 e. The summed E-state index contributed by atoms with van der Waals surface area (Å²) >= 11 is 0. The quantitative estimate of drug-likeness (QED) is 0.887. The van der Waals surface area contributed by atoms with E-state index >= 15 is 0 Å². The number of piperazine rings is 1. The van der Waals surface area contributed by atoms with Gasteiger partial charge in [-0.1, -0.05) is 25.1 Å². The Labute approximate surface area is 116 Å². The normalized spacial score (nSPS) is 23.1. The van der Waals surface area contributed by atoms with Gasteiger partial charge in [0.15, 0.2) is 0 Å². The molecule has 0 aromatic heterocycles. The Morgan fingerprint density at radius 3 is 2.37 bits per heavy atom. The second-order valence-corrected chi connectivity index (χ2v) is 6.02. The first-order valence-electron chi connectivity index (χ1n) is 7.56. The van der Waals surface area contributed by atoms with Crippen molar-refractivity contribution in [1.82, 2.24) is 10.2 Å². The van der Waals surface area contributed by atoms with Gasteiger partial charge in [-0.15, -0.1) is 0 Å². The van der Waals surface area contributed by atoms with Gasteiger partial charge < -0.3 is 10.2 Å². The lowest BCUT2D eigenvalue weighted by Crippen LogP contribution is -2.51. The maximum atomic E-state index is 3.38. The highest BCUT2D eigenvalue weighted by molar-refractivity contribution is 5.46. The Morgan fingerprint density at radius 1 is 1.11 bits per heavy atom. The van der Waals surface area contributed by atoms with E-state index in [1.165, 1.54) is 51.5 Å². The molecule has 0 saturated carbocycles. The van der Waals surface area contributed by atoms with Gasteiger partial charge in [0.1, 0.15) is 0 Å². The summed E-state index contributed by atoms with van der Waals surface area (Å²) in [6.07, 6.45) is 0. The van der Waals surface area contributed by atoms with Gasteiger partial charge in [-0.05, 0) is 37.1 Å². The molecule has 0 bridgehead atoms. The van der Waals surface area contributed by atoms with E-state index in [0.717, 1.165) is 11.8 Å². The molecule has 2 heterocycles. The minimum atomic E-state index is 0.838. The van der Waals surface area contributed by atoms with Crippen LogP contribution in [-0.2, 0) is 0 Å². The molecule has 0 aliphatic carbocycles. The number of hydrogen-bond acceptors (Lipinski definition) is 3. The lowest BCUT2D eigenvalue weighted by atomic mass is 9.88. The molecule has 1 unspecified atom stereocenters. The minimum absolute atomic E-state index is 0.838. The monoisotopic (exact) mass is 259 g/mol. The molecule has 1 atom stereocenters. The van der Waals surface area contributed by atoms with Crippen molar-refractivity contribution < 1.29 is 0 Å². The zero-order chi connectivity index (χ0) is 13.1. The average Bonchev–Trinajstić information content (AvgIpc) is 2.38. The van der Waals surface area contributed by atoms with E-state index < -0.39 is 0 Å². The fourth-order valence-corrected chi connectivity index (χ4v) is 3.10. The molecular formula is C16H25N3. The van der Waals surface area contributed by atoms with E-state index in [2.05, 4.69) is 52.4 Å². The predicted molar refractivity (Wildman–Crippen MR) is 80.6 cm³/mol. The van der Waals surface area contributed by atoms with Crippen molar-refractivity contribution in [2.24, 2.45) is 11.8 Å². The smallest absolute Gasteiger partial charge is 0.0367 e. The first-order valence-corrected chi connectivity index (χ1v) is 7.56. The average molecular weight is 259 g/mol. The molecule has 0 amide bonds. The van der Waals surface area contributed by atoms with E-state index in [-0.39, 0.29) is 0 Å². The molecule has 2 aliphatic rings. The Balaban J connectivity index is 1.46. The number of para-hydroxylation sites is 1. The molecule has 3 rings (SSSR count). The van der Waals surface area contributed by atoms with Crippen LogP contribution in [0.2, 0.25) is 0 Å².